The maximum absolute atomic E-state index is 12.2. The Morgan fingerprint density at radius 3 is 2.79 bits per heavy atom. The van der Waals surface area contributed by atoms with E-state index in [0.29, 0.717) is 6.42 Å². The minimum absolute atomic E-state index is 0.208. The second kappa shape index (κ2) is 4.67. The molecule has 2 atom stereocenters. The van der Waals surface area contributed by atoms with Gasteiger partial charge in [0.2, 0.25) is 0 Å². The molecule has 1 aliphatic rings. The topological polar surface area (TPSA) is 70.3 Å². The van der Waals surface area contributed by atoms with Crippen LogP contribution in [0, 0.1) is 16.7 Å². The first-order valence-electron chi connectivity index (χ1n) is 6.26. The first-order valence-corrected chi connectivity index (χ1v) is 6.26. The van der Waals surface area contributed by atoms with Gasteiger partial charge in [-0.2, -0.15) is 5.26 Å². The van der Waals surface area contributed by atoms with E-state index in [-0.39, 0.29) is 12.8 Å². The number of fused-ring (bicyclic) bond motifs is 1. The molecule has 0 heterocycles. The van der Waals surface area contributed by atoms with Crippen LogP contribution in [0.1, 0.15) is 30.9 Å². The molecule has 1 N–H and O–H groups in total. The van der Waals surface area contributed by atoms with E-state index in [9.17, 15) is 9.90 Å². The SMILES string of the molecule is COC(=O)[C@@]1(CCC#N)Cc2ccccc2[C@]1(C)O. The molecule has 0 unspecified atom stereocenters. The highest BCUT2D eigenvalue weighted by molar-refractivity contribution is 5.81. The first-order chi connectivity index (χ1) is 8.99. The Hall–Kier alpha value is -1.86. The van der Waals surface area contributed by atoms with Crippen molar-refractivity contribution < 1.29 is 14.6 Å². The zero-order valence-corrected chi connectivity index (χ0v) is 11.1. The van der Waals surface area contributed by atoms with Gasteiger partial charge in [-0.1, -0.05) is 24.3 Å². The van der Waals surface area contributed by atoms with Crippen LogP contribution in [0.25, 0.3) is 0 Å². The lowest BCUT2D eigenvalue weighted by atomic mass is 9.70. The lowest BCUT2D eigenvalue weighted by Gasteiger charge is -2.37. The summed E-state index contributed by atoms with van der Waals surface area (Å²) >= 11 is 0. The first kappa shape index (κ1) is 13.6. The second-order valence-corrected chi connectivity index (χ2v) is 5.14. The summed E-state index contributed by atoms with van der Waals surface area (Å²) in [5.74, 6) is -0.455. The average Bonchev–Trinajstić information content (AvgIpc) is 2.65. The number of benzene rings is 1. The summed E-state index contributed by atoms with van der Waals surface area (Å²) < 4.78 is 4.89. The summed E-state index contributed by atoms with van der Waals surface area (Å²) in [4.78, 5) is 12.2. The van der Waals surface area contributed by atoms with E-state index in [1.54, 1.807) is 6.92 Å². The Morgan fingerprint density at radius 2 is 2.21 bits per heavy atom. The molecule has 1 aromatic carbocycles. The molecule has 0 saturated heterocycles. The van der Waals surface area contributed by atoms with Crippen molar-refractivity contribution in [1.82, 2.24) is 0 Å². The highest BCUT2D eigenvalue weighted by Crippen LogP contribution is 2.53. The lowest BCUT2D eigenvalue weighted by molar-refractivity contribution is -0.171. The number of aliphatic hydroxyl groups is 1. The van der Waals surface area contributed by atoms with Gasteiger partial charge < -0.3 is 9.84 Å². The van der Waals surface area contributed by atoms with Crippen molar-refractivity contribution in [2.24, 2.45) is 5.41 Å². The summed E-state index contributed by atoms with van der Waals surface area (Å²) in [6.07, 6.45) is 0.904. The van der Waals surface area contributed by atoms with Crippen LogP contribution in [-0.2, 0) is 21.6 Å². The zero-order valence-electron chi connectivity index (χ0n) is 11.1. The van der Waals surface area contributed by atoms with E-state index in [4.69, 9.17) is 10.00 Å². The number of nitrogens with zero attached hydrogens (tertiary/aromatic N) is 1. The van der Waals surface area contributed by atoms with E-state index in [2.05, 4.69) is 0 Å². The molecule has 1 aliphatic carbocycles. The van der Waals surface area contributed by atoms with Crippen LogP contribution in [0.15, 0.2) is 24.3 Å². The van der Waals surface area contributed by atoms with Gasteiger partial charge in [-0.05, 0) is 30.9 Å². The van der Waals surface area contributed by atoms with Crippen molar-refractivity contribution in [3.8, 4) is 6.07 Å². The van der Waals surface area contributed by atoms with E-state index in [1.807, 2.05) is 30.3 Å². The summed E-state index contributed by atoms with van der Waals surface area (Å²) in [6, 6.07) is 9.49. The third-order valence-corrected chi connectivity index (χ3v) is 4.21. The molecule has 1 aromatic rings. The molecule has 100 valence electrons. The highest BCUT2D eigenvalue weighted by Gasteiger charge is 2.59. The van der Waals surface area contributed by atoms with Gasteiger partial charge >= 0.3 is 5.97 Å². The van der Waals surface area contributed by atoms with Crippen LogP contribution in [0.5, 0.6) is 0 Å². The minimum atomic E-state index is -1.31. The number of hydrogen-bond donors (Lipinski definition) is 1. The molecule has 0 fully saturated rings. The fraction of sp³-hybridized carbons (Fsp3) is 0.467. The predicted molar refractivity (Wildman–Crippen MR) is 69.0 cm³/mol. The molecule has 0 radical (unpaired) electrons. The van der Waals surface area contributed by atoms with Crippen LogP contribution in [0.4, 0.5) is 0 Å². The fourth-order valence-electron chi connectivity index (χ4n) is 3.07. The average molecular weight is 259 g/mol. The number of ether oxygens (including phenoxy) is 1. The molecular formula is C15H17NO3. The van der Waals surface area contributed by atoms with Gasteiger partial charge in [0.15, 0.2) is 0 Å². The number of esters is 1. The molecule has 0 bridgehead atoms. The van der Waals surface area contributed by atoms with E-state index in [1.165, 1.54) is 7.11 Å². The summed E-state index contributed by atoms with van der Waals surface area (Å²) in [5.41, 5.74) is -0.691. The summed E-state index contributed by atoms with van der Waals surface area (Å²) in [6.45, 7) is 1.63. The monoisotopic (exact) mass is 259 g/mol. The van der Waals surface area contributed by atoms with Gasteiger partial charge in [0.25, 0.3) is 0 Å². The van der Waals surface area contributed by atoms with Gasteiger partial charge in [-0.25, -0.2) is 0 Å². The van der Waals surface area contributed by atoms with Crippen molar-refractivity contribution in [1.29, 1.82) is 5.26 Å². The van der Waals surface area contributed by atoms with Gasteiger partial charge in [-0.3, -0.25) is 4.79 Å². The largest absolute Gasteiger partial charge is 0.468 e. The fourth-order valence-corrected chi connectivity index (χ4v) is 3.07. The van der Waals surface area contributed by atoms with Crippen molar-refractivity contribution in [3.63, 3.8) is 0 Å². The smallest absolute Gasteiger partial charge is 0.315 e. The molecule has 4 nitrogen and oxygen atoms in total. The second-order valence-electron chi connectivity index (χ2n) is 5.14. The zero-order chi connectivity index (χ0) is 14.1. The number of methoxy groups -OCH3 is 1. The number of carbonyl (C=O) groups is 1. The Labute approximate surface area is 112 Å². The van der Waals surface area contributed by atoms with Crippen LogP contribution in [-0.4, -0.2) is 18.2 Å². The Morgan fingerprint density at radius 1 is 1.53 bits per heavy atom. The molecule has 0 saturated carbocycles. The van der Waals surface area contributed by atoms with E-state index >= 15 is 0 Å². The van der Waals surface area contributed by atoms with Crippen molar-refractivity contribution >= 4 is 5.97 Å². The number of rotatable bonds is 3. The number of hydrogen-bond acceptors (Lipinski definition) is 4. The standard InChI is InChI=1S/C15H17NO3/c1-14(18)12-7-4-3-6-11(12)10-15(14,8-5-9-16)13(17)19-2/h3-4,6-7,18H,5,8,10H2,1-2H3/t14-,15+/m0/s1. The van der Waals surface area contributed by atoms with Crippen molar-refractivity contribution in [3.05, 3.63) is 35.4 Å². The third-order valence-electron chi connectivity index (χ3n) is 4.21. The van der Waals surface area contributed by atoms with Gasteiger partial charge in [0.1, 0.15) is 11.0 Å². The Kier molecular flexibility index (Phi) is 3.34. The Balaban J connectivity index is 2.53. The molecule has 0 amide bonds. The van der Waals surface area contributed by atoms with E-state index < -0.39 is 17.0 Å². The van der Waals surface area contributed by atoms with Crippen LogP contribution >= 0.6 is 0 Å². The number of carbonyl (C=O) groups excluding carboxylic acids is 1. The number of nitriles is 1. The molecule has 0 spiro atoms. The predicted octanol–water partition coefficient (Wildman–Crippen LogP) is 1.91. The summed E-state index contributed by atoms with van der Waals surface area (Å²) in [5, 5.41) is 19.7. The minimum Gasteiger partial charge on any atom is -0.468 e. The molecule has 0 aromatic heterocycles. The maximum Gasteiger partial charge on any atom is 0.315 e. The molecule has 0 aliphatic heterocycles. The molecule has 4 heteroatoms. The van der Waals surface area contributed by atoms with Crippen molar-refractivity contribution in [2.75, 3.05) is 7.11 Å². The van der Waals surface area contributed by atoms with Crippen molar-refractivity contribution in [2.45, 2.75) is 31.8 Å². The third kappa shape index (κ3) is 1.82. The Bertz CT molecular complexity index is 545. The molecule has 2 rings (SSSR count). The van der Waals surface area contributed by atoms with E-state index in [0.717, 1.165) is 11.1 Å². The van der Waals surface area contributed by atoms with Gasteiger partial charge in [0, 0.05) is 6.42 Å². The maximum atomic E-state index is 12.2. The molecule has 19 heavy (non-hydrogen) atoms. The lowest BCUT2D eigenvalue weighted by Crippen LogP contribution is -2.47. The van der Waals surface area contributed by atoms with Crippen LogP contribution in [0.3, 0.4) is 0 Å². The van der Waals surface area contributed by atoms with Crippen LogP contribution < -0.4 is 0 Å². The summed E-state index contributed by atoms with van der Waals surface area (Å²) in [7, 11) is 1.32. The van der Waals surface area contributed by atoms with Gasteiger partial charge in [0.05, 0.1) is 13.2 Å². The normalized spacial score (nSPS) is 28.5. The highest BCUT2D eigenvalue weighted by atomic mass is 16.5. The van der Waals surface area contributed by atoms with Gasteiger partial charge in [-0.15, -0.1) is 0 Å². The quantitative estimate of drug-likeness (QED) is 0.842. The van der Waals surface area contributed by atoms with Crippen LogP contribution in [0.2, 0.25) is 0 Å². The molecular weight excluding hydrogens is 242 g/mol.